The van der Waals surface area contributed by atoms with Crippen LogP contribution in [0.3, 0.4) is 0 Å². The second-order valence-corrected chi connectivity index (χ2v) is 10.2. The summed E-state index contributed by atoms with van der Waals surface area (Å²) in [5, 5.41) is 2.96. The summed E-state index contributed by atoms with van der Waals surface area (Å²) in [6.45, 7) is 12.0. The SMILES string of the molecule is CC(=O)NCC1(C)CCN(c2cccc(-c3cnc4[nH]cc(C(=O)C(C)(C)C)c4n3)c2)C1. The first-order valence-corrected chi connectivity index (χ1v) is 11.0. The molecule has 0 saturated carbocycles. The molecule has 1 unspecified atom stereocenters. The van der Waals surface area contributed by atoms with Gasteiger partial charge in [0.05, 0.1) is 17.5 Å². The molecule has 1 saturated heterocycles. The average molecular weight is 434 g/mol. The lowest BCUT2D eigenvalue weighted by atomic mass is 9.87. The van der Waals surface area contributed by atoms with E-state index < -0.39 is 5.41 Å². The van der Waals surface area contributed by atoms with Crippen LogP contribution in [0.2, 0.25) is 0 Å². The van der Waals surface area contributed by atoms with Crippen molar-refractivity contribution in [2.75, 3.05) is 24.5 Å². The Morgan fingerprint density at radius 1 is 1.28 bits per heavy atom. The summed E-state index contributed by atoms with van der Waals surface area (Å²) in [5.74, 6) is 0.0502. The van der Waals surface area contributed by atoms with Gasteiger partial charge in [-0.2, -0.15) is 0 Å². The number of benzene rings is 1. The van der Waals surface area contributed by atoms with Crippen LogP contribution in [-0.4, -0.2) is 46.3 Å². The lowest BCUT2D eigenvalue weighted by molar-refractivity contribution is -0.119. The molecule has 32 heavy (non-hydrogen) atoms. The third-order valence-electron chi connectivity index (χ3n) is 6.14. The van der Waals surface area contributed by atoms with Crippen LogP contribution in [0.5, 0.6) is 0 Å². The summed E-state index contributed by atoms with van der Waals surface area (Å²) in [5.41, 5.74) is 4.18. The number of hydrogen-bond acceptors (Lipinski definition) is 5. The molecule has 1 aliphatic heterocycles. The molecule has 4 rings (SSSR count). The van der Waals surface area contributed by atoms with Gasteiger partial charge in [0.25, 0.3) is 0 Å². The maximum atomic E-state index is 12.9. The van der Waals surface area contributed by atoms with Crippen LogP contribution < -0.4 is 10.2 Å². The van der Waals surface area contributed by atoms with Gasteiger partial charge < -0.3 is 15.2 Å². The fraction of sp³-hybridized carbons (Fsp3) is 0.440. The Hall–Kier alpha value is -3.22. The topological polar surface area (TPSA) is 91.0 Å². The van der Waals surface area contributed by atoms with Crippen molar-refractivity contribution in [3.63, 3.8) is 0 Å². The first-order valence-electron chi connectivity index (χ1n) is 11.0. The molecule has 1 fully saturated rings. The first-order chi connectivity index (χ1) is 15.1. The van der Waals surface area contributed by atoms with Crippen molar-refractivity contribution in [2.45, 2.75) is 41.0 Å². The van der Waals surface area contributed by atoms with Gasteiger partial charge in [0.15, 0.2) is 11.4 Å². The van der Waals surface area contributed by atoms with Gasteiger partial charge >= 0.3 is 0 Å². The first kappa shape index (κ1) is 22.0. The molecule has 0 aliphatic carbocycles. The summed E-state index contributed by atoms with van der Waals surface area (Å²) in [6, 6.07) is 8.27. The van der Waals surface area contributed by atoms with Gasteiger partial charge in [-0.15, -0.1) is 0 Å². The molecule has 2 N–H and O–H groups in total. The molecule has 0 radical (unpaired) electrons. The molecule has 7 nitrogen and oxygen atoms in total. The van der Waals surface area contributed by atoms with Crippen molar-refractivity contribution in [1.29, 1.82) is 0 Å². The molecule has 2 aromatic heterocycles. The zero-order valence-corrected chi connectivity index (χ0v) is 19.5. The molecule has 0 spiro atoms. The Kier molecular flexibility index (Phi) is 5.53. The highest BCUT2D eigenvalue weighted by Crippen LogP contribution is 2.34. The number of nitrogens with one attached hydrogen (secondary N) is 2. The van der Waals surface area contributed by atoms with Crippen molar-refractivity contribution >= 4 is 28.5 Å². The van der Waals surface area contributed by atoms with E-state index >= 15 is 0 Å². The highest BCUT2D eigenvalue weighted by molar-refractivity contribution is 6.08. The predicted molar refractivity (Wildman–Crippen MR) is 127 cm³/mol. The standard InChI is InChI=1S/C25H31N5O2/c1-16(31)28-14-25(5)9-10-30(15-25)18-8-6-7-17(11-18)20-13-27-23-21(29-20)19(12-26-23)22(32)24(2,3)4/h6-8,11-13H,9-10,14-15H2,1-5H3,(H,26,27)(H,28,31). The van der Waals surface area contributed by atoms with Crippen LogP contribution in [0.4, 0.5) is 5.69 Å². The second kappa shape index (κ2) is 8.04. The number of anilines is 1. The van der Waals surface area contributed by atoms with Crippen molar-refractivity contribution in [2.24, 2.45) is 10.8 Å². The minimum absolute atomic E-state index is 0.00899. The minimum Gasteiger partial charge on any atom is -0.371 e. The van der Waals surface area contributed by atoms with Gasteiger partial charge in [-0.05, 0) is 18.6 Å². The predicted octanol–water partition coefficient (Wildman–Crippen LogP) is 4.21. The number of hydrogen-bond donors (Lipinski definition) is 2. The number of aromatic amines is 1. The van der Waals surface area contributed by atoms with Gasteiger partial charge in [0, 0.05) is 54.8 Å². The minimum atomic E-state index is -0.494. The van der Waals surface area contributed by atoms with E-state index in [1.54, 1.807) is 19.3 Å². The smallest absolute Gasteiger partial charge is 0.216 e. The van der Waals surface area contributed by atoms with Gasteiger partial charge in [0.2, 0.25) is 5.91 Å². The van der Waals surface area contributed by atoms with Gasteiger partial charge in [-0.25, -0.2) is 9.97 Å². The number of aromatic nitrogens is 3. The number of carbonyl (C=O) groups excluding carboxylic acids is 2. The van der Waals surface area contributed by atoms with Crippen molar-refractivity contribution in [3.05, 3.63) is 42.2 Å². The largest absolute Gasteiger partial charge is 0.371 e. The molecular formula is C25H31N5O2. The summed E-state index contributed by atoms with van der Waals surface area (Å²) >= 11 is 0. The van der Waals surface area contributed by atoms with Crippen LogP contribution in [-0.2, 0) is 4.79 Å². The zero-order valence-electron chi connectivity index (χ0n) is 19.5. The maximum Gasteiger partial charge on any atom is 0.216 e. The lowest BCUT2D eigenvalue weighted by Crippen LogP contribution is -2.36. The number of Topliss-reactive ketones (excluding diaryl/α,β-unsaturated/α-hetero) is 1. The summed E-state index contributed by atoms with van der Waals surface area (Å²) in [7, 11) is 0. The Morgan fingerprint density at radius 2 is 2.06 bits per heavy atom. The Balaban J connectivity index is 1.61. The number of rotatable bonds is 5. The van der Waals surface area contributed by atoms with E-state index in [-0.39, 0.29) is 17.1 Å². The number of ketones is 1. The summed E-state index contributed by atoms with van der Waals surface area (Å²) in [6.07, 6.45) is 4.47. The molecule has 1 atom stereocenters. The van der Waals surface area contributed by atoms with E-state index in [9.17, 15) is 9.59 Å². The normalized spacial score (nSPS) is 18.8. The van der Waals surface area contributed by atoms with E-state index in [0.717, 1.165) is 36.5 Å². The van der Waals surface area contributed by atoms with Crippen molar-refractivity contribution < 1.29 is 9.59 Å². The quantitative estimate of drug-likeness (QED) is 0.588. The zero-order chi connectivity index (χ0) is 23.1. The Morgan fingerprint density at radius 3 is 2.78 bits per heavy atom. The third kappa shape index (κ3) is 4.38. The highest BCUT2D eigenvalue weighted by atomic mass is 16.1. The van der Waals surface area contributed by atoms with Gasteiger partial charge in [-0.3, -0.25) is 9.59 Å². The number of amides is 1. The third-order valence-corrected chi connectivity index (χ3v) is 6.14. The van der Waals surface area contributed by atoms with E-state index in [1.165, 1.54) is 0 Å². The number of nitrogens with zero attached hydrogens (tertiary/aromatic N) is 3. The highest BCUT2D eigenvalue weighted by Gasteiger charge is 2.34. The summed E-state index contributed by atoms with van der Waals surface area (Å²) in [4.78, 5) is 38.9. The Bertz CT molecular complexity index is 1180. The van der Waals surface area contributed by atoms with Crippen LogP contribution in [0.1, 0.15) is 51.4 Å². The van der Waals surface area contributed by atoms with Crippen LogP contribution in [0.15, 0.2) is 36.7 Å². The number of H-pyrrole nitrogens is 1. The lowest BCUT2D eigenvalue weighted by Gasteiger charge is -2.26. The molecule has 1 amide bonds. The molecule has 1 aliphatic rings. The maximum absolute atomic E-state index is 12.9. The molecule has 3 aromatic rings. The van der Waals surface area contributed by atoms with E-state index in [2.05, 4.69) is 39.2 Å². The van der Waals surface area contributed by atoms with Crippen LogP contribution >= 0.6 is 0 Å². The van der Waals surface area contributed by atoms with Crippen LogP contribution in [0.25, 0.3) is 22.4 Å². The molecule has 1 aromatic carbocycles. The summed E-state index contributed by atoms with van der Waals surface area (Å²) < 4.78 is 0. The molecular weight excluding hydrogens is 402 g/mol. The molecule has 7 heteroatoms. The van der Waals surface area contributed by atoms with Crippen molar-refractivity contribution in [3.8, 4) is 11.3 Å². The van der Waals surface area contributed by atoms with E-state index in [0.29, 0.717) is 23.3 Å². The second-order valence-electron chi connectivity index (χ2n) is 10.2. The van der Waals surface area contributed by atoms with Gasteiger partial charge in [-0.1, -0.05) is 39.8 Å². The average Bonchev–Trinajstić information content (AvgIpc) is 3.35. The number of carbonyl (C=O) groups is 2. The monoisotopic (exact) mass is 433 g/mol. The van der Waals surface area contributed by atoms with Crippen molar-refractivity contribution in [1.82, 2.24) is 20.3 Å². The molecule has 168 valence electrons. The fourth-order valence-corrected chi connectivity index (χ4v) is 4.20. The van der Waals surface area contributed by atoms with Crippen LogP contribution in [0, 0.1) is 10.8 Å². The Labute approximate surface area is 188 Å². The van der Waals surface area contributed by atoms with Gasteiger partial charge in [0.1, 0.15) is 5.52 Å². The molecule has 0 bridgehead atoms. The van der Waals surface area contributed by atoms with E-state index in [1.807, 2.05) is 32.9 Å². The molecule has 3 heterocycles. The van der Waals surface area contributed by atoms with E-state index in [4.69, 9.17) is 4.98 Å². The number of fused-ring (bicyclic) bond motifs is 1. The fourth-order valence-electron chi connectivity index (χ4n) is 4.20.